The molecule has 20 heavy (non-hydrogen) atoms. The van der Waals surface area contributed by atoms with Gasteiger partial charge in [0.2, 0.25) is 0 Å². The largest absolute Gasteiger partial charge is 0.497 e. The summed E-state index contributed by atoms with van der Waals surface area (Å²) in [5, 5.41) is 8.91. The van der Waals surface area contributed by atoms with Gasteiger partial charge in [-0.3, -0.25) is 9.69 Å². The van der Waals surface area contributed by atoms with Gasteiger partial charge < -0.3 is 20.5 Å². The van der Waals surface area contributed by atoms with Gasteiger partial charge >= 0.3 is 0 Å². The molecule has 0 aromatic heterocycles. The fourth-order valence-corrected chi connectivity index (χ4v) is 2.36. The van der Waals surface area contributed by atoms with Crippen LogP contribution in [0.2, 0.25) is 0 Å². The topological polar surface area (TPSA) is 79.0 Å². The SMILES string of the molecule is COc1cc(N)cc(C(=O)N2CCN(CCO)CC2)c1. The molecule has 1 fully saturated rings. The monoisotopic (exact) mass is 279 g/mol. The highest BCUT2D eigenvalue weighted by atomic mass is 16.5. The lowest BCUT2D eigenvalue weighted by molar-refractivity contribution is 0.0614. The highest BCUT2D eigenvalue weighted by molar-refractivity contribution is 5.95. The predicted octanol–water partition coefficient (Wildman–Crippen LogP) is 0.0275. The Morgan fingerprint density at radius 2 is 2.00 bits per heavy atom. The third-order valence-electron chi connectivity index (χ3n) is 3.49. The summed E-state index contributed by atoms with van der Waals surface area (Å²) < 4.78 is 5.14. The zero-order chi connectivity index (χ0) is 14.5. The molecule has 6 nitrogen and oxygen atoms in total. The van der Waals surface area contributed by atoms with Gasteiger partial charge in [0.05, 0.1) is 13.7 Å². The summed E-state index contributed by atoms with van der Waals surface area (Å²) >= 11 is 0. The normalized spacial score (nSPS) is 16.2. The van der Waals surface area contributed by atoms with Crippen LogP contribution in [-0.4, -0.2) is 67.3 Å². The maximum atomic E-state index is 12.4. The van der Waals surface area contributed by atoms with Crippen molar-refractivity contribution in [3.8, 4) is 5.75 Å². The fraction of sp³-hybridized carbons (Fsp3) is 0.500. The summed E-state index contributed by atoms with van der Waals surface area (Å²) in [4.78, 5) is 16.4. The molecule has 0 atom stereocenters. The second kappa shape index (κ2) is 6.58. The van der Waals surface area contributed by atoms with Gasteiger partial charge in [0.15, 0.2) is 0 Å². The number of amides is 1. The summed E-state index contributed by atoms with van der Waals surface area (Å²) in [6.07, 6.45) is 0. The van der Waals surface area contributed by atoms with Crippen molar-refractivity contribution in [3.05, 3.63) is 23.8 Å². The smallest absolute Gasteiger partial charge is 0.254 e. The molecule has 3 N–H and O–H groups in total. The Labute approximate surface area is 118 Å². The number of nitrogens with two attached hydrogens (primary N) is 1. The van der Waals surface area contributed by atoms with E-state index in [2.05, 4.69) is 4.90 Å². The Hall–Kier alpha value is -1.79. The molecule has 110 valence electrons. The first-order valence-electron chi connectivity index (χ1n) is 6.71. The number of nitrogens with zero attached hydrogens (tertiary/aromatic N) is 2. The number of benzene rings is 1. The molecule has 1 amide bonds. The van der Waals surface area contributed by atoms with E-state index in [1.165, 1.54) is 0 Å². The Morgan fingerprint density at radius 3 is 2.60 bits per heavy atom. The van der Waals surface area contributed by atoms with Gasteiger partial charge in [0.25, 0.3) is 5.91 Å². The highest BCUT2D eigenvalue weighted by Crippen LogP contribution is 2.20. The Balaban J connectivity index is 2.03. The first-order valence-corrected chi connectivity index (χ1v) is 6.71. The van der Waals surface area contributed by atoms with Gasteiger partial charge in [0.1, 0.15) is 5.75 Å². The number of anilines is 1. The molecule has 2 rings (SSSR count). The molecular formula is C14H21N3O3. The van der Waals surface area contributed by atoms with Crippen LogP contribution in [-0.2, 0) is 0 Å². The number of carbonyl (C=O) groups is 1. The van der Waals surface area contributed by atoms with E-state index in [1.54, 1.807) is 25.3 Å². The Bertz CT molecular complexity index is 471. The highest BCUT2D eigenvalue weighted by Gasteiger charge is 2.22. The number of piperazine rings is 1. The minimum atomic E-state index is -0.0285. The first kappa shape index (κ1) is 14.6. The van der Waals surface area contributed by atoms with E-state index < -0.39 is 0 Å². The van der Waals surface area contributed by atoms with Gasteiger partial charge in [-0.25, -0.2) is 0 Å². The standard InChI is InChI=1S/C14H21N3O3/c1-20-13-9-11(8-12(15)10-13)14(19)17-4-2-16(3-5-17)6-7-18/h8-10,18H,2-7,15H2,1H3. The number of aliphatic hydroxyl groups is 1. The van der Waals surface area contributed by atoms with Gasteiger partial charge in [-0.2, -0.15) is 0 Å². The van der Waals surface area contributed by atoms with Crippen LogP contribution in [0.5, 0.6) is 5.75 Å². The van der Waals surface area contributed by atoms with Gasteiger partial charge in [0, 0.05) is 50.0 Å². The van der Waals surface area contributed by atoms with E-state index >= 15 is 0 Å². The lowest BCUT2D eigenvalue weighted by atomic mass is 10.1. The van der Waals surface area contributed by atoms with E-state index in [4.69, 9.17) is 15.6 Å². The van der Waals surface area contributed by atoms with E-state index in [1.807, 2.05) is 4.90 Å². The quantitative estimate of drug-likeness (QED) is 0.760. The zero-order valence-electron chi connectivity index (χ0n) is 11.7. The average Bonchev–Trinajstić information content (AvgIpc) is 2.47. The third-order valence-corrected chi connectivity index (χ3v) is 3.49. The molecule has 1 heterocycles. The van der Waals surface area contributed by atoms with Crippen molar-refractivity contribution >= 4 is 11.6 Å². The number of methoxy groups -OCH3 is 1. The number of rotatable bonds is 4. The molecule has 1 aromatic carbocycles. The van der Waals surface area contributed by atoms with Crippen LogP contribution in [0.4, 0.5) is 5.69 Å². The summed E-state index contributed by atoms with van der Waals surface area (Å²) in [6.45, 7) is 3.71. The van der Waals surface area contributed by atoms with E-state index in [9.17, 15) is 4.79 Å². The molecule has 0 saturated carbocycles. The lowest BCUT2D eigenvalue weighted by Gasteiger charge is -2.34. The molecule has 0 bridgehead atoms. The van der Waals surface area contributed by atoms with Crippen LogP contribution in [0.25, 0.3) is 0 Å². The van der Waals surface area contributed by atoms with Gasteiger partial charge in [-0.1, -0.05) is 0 Å². The van der Waals surface area contributed by atoms with Crippen molar-refractivity contribution in [2.24, 2.45) is 0 Å². The second-order valence-corrected chi connectivity index (χ2v) is 4.85. The molecule has 1 aliphatic heterocycles. The van der Waals surface area contributed by atoms with E-state index in [0.29, 0.717) is 36.6 Å². The van der Waals surface area contributed by atoms with Crippen molar-refractivity contribution in [3.63, 3.8) is 0 Å². The Kier molecular flexibility index (Phi) is 4.81. The number of hydrogen-bond acceptors (Lipinski definition) is 5. The van der Waals surface area contributed by atoms with Crippen LogP contribution in [0.15, 0.2) is 18.2 Å². The molecule has 0 spiro atoms. The maximum Gasteiger partial charge on any atom is 0.254 e. The average molecular weight is 279 g/mol. The number of nitrogen functional groups attached to an aromatic ring is 1. The molecule has 0 radical (unpaired) electrons. The van der Waals surface area contributed by atoms with E-state index in [-0.39, 0.29) is 12.5 Å². The van der Waals surface area contributed by atoms with Crippen LogP contribution in [0.1, 0.15) is 10.4 Å². The van der Waals surface area contributed by atoms with E-state index in [0.717, 1.165) is 13.1 Å². The van der Waals surface area contributed by atoms with Gasteiger partial charge in [-0.05, 0) is 12.1 Å². The summed E-state index contributed by atoms with van der Waals surface area (Å²) in [6, 6.07) is 5.07. The summed E-state index contributed by atoms with van der Waals surface area (Å²) in [5.41, 5.74) is 6.85. The number of carbonyl (C=O) groups excluding carboxylic acids is 1. The summed E-state index contributed by atoms with van der Waals surface area (Å²) in [5.74, 6) is 0.562. The van der Waals surface area contributed by atoms with Crippen LogP contribution >= 0.6 is 0 Å². The second-order valence-electron chi connectivity index (χ2n) is 4.85. The number of aliphatic hydroxyl groups excluding tert-OH is 1. The molecule has 1 aromatic rings. The van der Waals surface area contributed by atoms with Crippen molar-refractivity contribution in [1.82, 2.24) is 9.80 Å². The Morgan fingerprint density at radius 1 is 1.30 bits per heavy atom. The van der Waals surface area contributed by atoms with Crippen molar-refractivity contribution in [2.45, 2.75) is 0 Å². The maximum absolute atomic E-state index is 12.4. The fourth-order valence-electron chi connectivity index (χ4n) is 2.36. The zero-order valence-corrected chi connectivity index (χ0v) is 11.7. The molecule has 1 saturated heterocycles. The van der Waals surface area contributed by atoms with Crippen molar-refractivity contribution < 1.29 is 14.6 Å². The van der Waals surface area contributed by atoms with Crippen LogP contribution in [0, 0.1) is 0 Å². The molecular weight excluding hydrogens is 258 g/mol. The van der Waals surface area contributed by atoms with Crippen LogP contribution in [0.3, 0.4) is 0 Å². The first-order chi connectivity index (χ1) is 9.63. The summed E-state index contributed by atoms with van der Waals surface area (Å²) in [7, 11) is 1.55. The van der Waals surface area contributed by atoms with Crippen molar-refractivity contribution in [2.75, 3.05) is 52.2 Å². The number of hydrogen-bond donors (Lipinski definition) is 2. The minimum absolute atomic E-state index is 0.0285. The number of β-amino-alcohol motifs (C(OH)–C–C–N with tert-alkyl or cyclic N) is 1. The molecule has 0 unspecified atom stereocenters. The van der Waals surface area contributed by atoms with Crippen molar-refractivity contribution in [1.29, 1.82) is 0 Å². The third kappa shape index (κ3) is 3.40. The predicted molar refractivity (Wildman–Crippen MR) is 76.8 cm³/mol. The molecule has 6 heteroatoms. The van der Waals surface area contributed by atoms with Crippen LogP contribution < -0.4 is 10.5 Å². The molecule has 0 aliphatic carbocycles. The number of ether oxygens (including phenoxy) is 1. The minimum Gasteiger partial charge on any atom is -0.497 e. The lowest BCUT2D eigenvalue weighted by Crippen LogP contribution is -2.49. The molecule has 1 aliphatic rings. The van der Waals surface area contributed by atoms with Gasteiger partial charge in [-0.15, -0.1) is 0 Å².